The van der Waals surface area contributed by atoms with E-state index in [4.69, 9.17) is 14.4 Å². The van der Waals surface area contributed by atoms with E-state index < -0.39 is 0 Å². The normalized spacial score (nSPS) is 18.7. The van der Waals surface area contributed by atoms with Crippen molar-refractivity contribution in [2.45, 2.75) is 32.1 Å². The molecule has 0 saturated carbocycles. The zero-order chi connectivity index (χ0) is 35.0. The van der Waals surface area contributed by atoms with Crippen molar-refractivity contribution in [3.63, 3.8) is 0 Å². The monoisotopic (exact) mass is 680 g/mol. The summed E-state index contributed by atoms with van der Waals surface area (Å²) in [5, 5.41) is 8.54. The fraction of sp³-hybridized carbons (Fsp3) is 0.120. The van der Waals surface area contributed by atoms with E-state index in [9.17, 15) is 0 Å². The van der Waals surface area contributed by atoms with Crippen molar-refractivity contribution in [2.75, 3.05) is 0 Å². The minimum Gasteiger partial charge on any atom is -0.456 e. The highest BCUT2D eigenvalue weighted by atomic mass is 16.3. The molecule has 2 unspecified atom stereocenters. The van der Waals surface area contributed by atoms with Gasteiger partial charge in [-0.15, -0.1) is 0 Å². The second-order valence-electron chi connectivity index (χ2n) is 14.9. The number of hydrogen-bond acceptors (Lipinski definition) is 3. The highest BCUT2D eigenvalue weighted by molar-refractivity contribution is 6.27. The molecule has 0 amide bonds. The van der Waals surface area contributed by atoms with Gasteiger partial charge in [-0.05, 0) is 99.7 Å². The lowest BCUT2D eigenvalue weighted by Crippen LogP contribution is -2.27. The first-order chi connectivity index (χ1) is 26.2. The van der Waals surface area contributed by atoms with Gasteiger partial charge in [-0.2, -0.15) is 0 Å². The molecule has 3 heteroatoms. The Morgan fingerprint density at radius 1 is 0.604 bits per heavy atom. The molecule has 53 heavy (non-hydrogen) atoms. The van der Waals surface area contributed by atoms with Gasteiger partial charge in [-0.25, -0.2) is 0 Å². The number of nitrogens with zero attached hydrogens (tertiary/aromatic N) is 2. The zero-order valence-corrected chi connectivity index (χ0v) is 29.5. The van der Waals surface area contributed by atoms with Crippen LogP contribution in [0.15, 0.2) is 167 Å². The van der Waals surface area contributed by atoms with Crippen molar-refractivity contribution < 1.29 is 4.42 Å². The maximum Gasteiger partial charge on any atom is 0.138 e. The Hall–Kier alpha value is -6.32. The number of aliphatic imine (C=N–C) groups is 1. The molecule has 0 N–H and O–H groups in total. The summed E-state index contributed by atoms with van der Waals surface area (Å²) in [7, 11) is 0. The summed E-state index contributed by atoms with van der Waals surface area (Å²) in [5.74, 6) is 0.219. The number of para-hydroxylation sites is 2. The van der Waals surface area contributed by atoms with Gasteiger partial charge in [0.1, 0.15) is 11.2 Å². The van der Waals surface area contributed by atoms with Gasteiger partial charge in [0.2, 0.25) is 0 Å². The number of fused-ring (bicyclic) bond motifs is 6. The molecular formula is C50H36N2O. The Morgan fingerprint density at radius 2 is 1.34 bits per heavy atom. The third-order valence-electron chi connectivity index (χ3n) is 11.9. The van der Waals surface area contributed by atoms with Gasteiger partial charge in [0, 0.05) is 39.4 Å². The largest absolute Gasteiger partial charge is 0.456 e. The molecule has 0 spiro atoms. The molecule has 1 aliphatic carbocycles. The summed E-state index contributed by atoms with van der Waals surface area (Å²) in [6, 6.07) is 52.9. The van der Waals surface area contributed by atoms with Crippen LogP contribution in [0.4, 0.5) is 0 Å². The van der Waals surface area contributed by atoms with Gasteiger partial charge < -0.3 is 4.42 Å². The van der Waals surface area contributed by atoms with E-state index in [1.165, 1.54) is 65.7 Å². The SMILES string of the molecule is C/C1=C(/c2ccc(-c3ccccc3)cc2)N=C2c3cccc4ccc5ccc6ncc(cc6c5c34)CC2C(c2cccc3c2oc2ccccc23)CC1. The lowest BCUT2D eigenvalue weighted by atomic mass is 9.73. The molecule has 2 aromatic heterocycles. The maximum atomic E-state index is 6.76. The number of allylic oxidation sites excluding steroid dienone is 1. The van der Waals surface area contributed by atoms with Crippen LogP contribution in [0.1, 0.15) is 47.9 Å². The lowest BCUT2D eigenvalue weighted by molar-refractivity contribution is 0.491. The Kier molecular flexibility index (Phi) is 6.79. The van der Waals surface area contributed by atoms with E-state index in [1.54, 1.807) is 0 Å². The fourth-order valence-corrected chi connectivity index (χ4v) is 9.30. The third-order valence-corrected chi connectivity index (χ3v) is 11.9. The summed E-state index contributed by atoms with van der Waals surface area (Å²) < 4.78 is 6.76. The Labute approximate surface area is 308 Å². The lowest BCUT2D eigenvalue weighted by Gasteiger charge is -2.32. The molecule has 2 atom stereocenters. The Bertz CT molecular complexity index is 2980. The molecule has 1 aliphatic heterocycles. The highest BCUT2D eigenvalue weighted by Gasteiger charge is 2.35. The first-order valence-electron chi connectivity index (χ1n) is 18.8. The van der Waals surface area contributed by atoms with Gasteiger partial charge in [-0.3, -0.25) is 9.98 Å². The van der Waals surface area contributed by atoms with Gasteiger partial charge in [-0.1, -0.05) is 127 Å². The van der Waals surface area contributed by atoms with Gasteiger partial charge in [0.15, 0.2) is 0 Å². The molecule has 9 aromatic rings. The first-order valence-corrected chi connectivity index (χ1v) is 18.8. The van der Waals surface area contributed by atoms with Crippen LogP contribution in [-0.2, 0) is 6.42 Å². The number of aromatic nitrogens is 1. The van der Waals surface area contributed by atoms with Crippen LogP contribution in [0.5, 0.6) is 0 Å². The fourth-order valence-electron chi connectivity index (χ4n) is 9.30. The van der Waals surface area contributed by atoms with Crippen LogP contribution < -0.4 is 0 Å². The van der Waals surface area contributed by atoms with E-state index in [0.29, 0.717) is 0 Å². The van der Waals surface area contributed by atoms with Crippen LogP contribution in [0.2, 0.25) is 0 Å². The molecule has 252 valence electrons. The van der Waals surface area contributed by atoms with E-state index in [1.807, 2.05) is 0 Å². The van der Waals surface area contributed by atoms with Crippen LogP contribution in [0.3, 0.4) is 0 Å². The Morgan fingerprint density at radius 3 is 2.23 bits per heavy atom. The second kappa shape index (κ2) is 11.9. The molecule has 0 saturated heterocycles. The maximum absolute atomic E-state index is 6.76. The van der Waals surface area contributed by atoms with Crippen LogP contribution in [-0.4, -0.2) is 10.7 Å². The molecule has 0 radical (unpaired) electrons. The number of rotatable bonds is 3. The summed E-state index contributed by atoms with van der Waals surface area (Å²) in [4.78, 5) is 11.0. The first kappa shape index (κ1) is 30.3. The zero-order valence-electron chi connectivity index (χ0n) is 29.5. The van der Waals surface area contributed by atoms with Crippen molar-refractivity contribution in [3.05, 3.63) is 180 Å². The van der Waals surface area contributed by atoms with Crippen LogP contribution in [0.25, 0.3) is 71.2 Å². The van der Waals surface area contributed by atoms with Crippen molar-refractivity contribution in [1.82, 2.24) is 4.98 Å². The van der Waals surface area contributed by atoms with Crippen LogP contribution in [0, 0.1) is 5.92 Å². The molecule has 2 aliphatic rings. The second-order valence-corrected chi connectivity index (χ2v) is 14.9. The molecule has 11 rings (SSSR count). The third kappa shape index (κ3) is 4.80. The van der Waals surface area contributed by atoms with E-state index in [-0.39, 0.29) is 11.8 Å². The van der Waals surface area contributed by atoms with Crippen molar-refractivity contribution in [2.24, 2.45) is 10.9 Å². The average Bonchev–Trinajstić information content (AvgIpc) is 3.61. The van der Waals surface area contributed by atoms with E-state index >= 15 is 0 Å². The minimum absolute atomic E-state index is 0.0647. The molecule has 2 bridgehead atoms. The van der Waals surface area contributed by atoms with Crippen LogP contribution >= 0.6 is 0 Å². The van der Waals surface area contributed by atoms with Crippen molar-refractivity contribution in [1.29, 1.82) is 0 Å². The van der Waals surface area contributed by atoms with Crippen molar-refractivity contribution in [3.8, 4) is 11.1 Å². The molecule has 7 aromatic carbocycles. The number of benzene rings is 7. The van der Waals surface area contributed by atoms with Gasteiger partial charge in [0.25, 0.3) is 0 Å². The highest BCUT2D eigenvalue weighted by Crippen LogP contribution is 2.46. The summed E-state index contributed by atoms with van der Waals surface area (Å²) in [5.41, 5.74) is 13.8. The van der Waals surface area contributed by atoms with Gasteiger partial charge >= 0.3 is 0 Å². The van der Waals surface area contributed by atoms with E-state index in [0.717, 1.165) is 58.3 Å². The smallest absolute Gasteiger partial charge is 0.138 e. The number of pyridine rings is 1. The average molecular weight is 681 g/mol. The Balaban J connectivity index is 1.20. The summed E-state index contributed by atoms with van der Waals surface area (Å²) in [6.45, 7) is 2.29. The summed E-state index contributed by atoms with van der Waals surface area (Å²) >= 11 is 0. The molecule has 3 heterocycles. The predicted molar refractivity (Wildman–Crippen MR) is 221 cm³/mol. The standard InChI is InChI=1S/C50H36N2O/c1-30-17-25-37(39-13-8-14-40-38-12-5-6-16-45(38)53-50(39)40)42-27-31-28-43-44(51-29-31)26-24-35-21-20-34-11-7-15-41(46(34)47(35)43)49(42)52-48(30)36-22-18-33(19-23-36)32-9-3-2-4-10-32/h2-16,18-24,26,28-29,37,42H,17,25,27H2,1H3/b48-30+,52-49?. The number of hydrogen-bond donors (Lipinski definition) is 0. The predicted octanol–water partition coefficient (Wildman–Crippen LogP) is 13.1. The summed E-state index contributed by atoms with van der Waals surface area (Å²) in [6.07, 6.45) is 4.83. The minimum atomic E-state index is 0.0647. The molecule has 0 fully saturated rings. The van der Waals surface area contributed by atoms with Gasteiger partial charge in [0.05, 0.1) is 16.9 Å². The van der Waals surface area contributed by atoms with E-state index in [2.05, 4.69) is 159 Å². The molecular weight excluding hydrogens is 645 g/mol. The van der Waals surface area contributed by atoms with Crippen molar-refractivity contribution >= 4 is 65.8 Å². The number of furan rings is 1. The topological polar surface area (TPSA) is 38.4 Å². The quantitative estimate of drug-likeness (QED) is 0.174. The molecule has 3 nitrogen and oxygen atoms in total.